The van der Waals surface area contributed by atoms with Crippen molar-refractivity contribution in [3.63, 3.8) is 0 Å². The van der Waals surface area contributed by atoms with Crippen molar-refractivity contribution in [2.75, 3.05) is 5.32 Å². The van der Waals surface area contributed by atoms with Crippen LogP contribution in [0.3, 0.4) is 0 Å². The van der Waals surface area contributed by atoms with Crippen LogP contribution in [0.5, 0.6) is 11.6 Å². The van der Waals surface area contributed by atoms with Gasteiger partial charge in [0.25, 0.3) is 5.91 Å². The van der Waals surface area contributed by atoms with Crippen LogP contribution in [0.2, 0.25) is 0 Å². The van der Waals surface area contributed by atoms with Crippen LogP contribution in [0.1, 0.15) is 32.7 Å². The molecule has 3 aromatic carbocycles. The maximum absolute atomic E-state index is 13.7. The Morgan fingerprint density at radius 1 is 1.00 bits per heavy atom. The van der Waals surface area contributed by atoms with Gasteiger partial charge in [0.15, 0.2) is 0 Å². The smallest absolute Gasteiger partial charge is 0.326 e. The second-order valence-corrected chi connectivity index (χ2v) is 8.55. The van der Waals surface area contributed by atoms with E-state index in [2.05, 4.69) is 15.6 Å². The first-order valence-corrected chi connectivity index (χ1v) is 11.8. The third-order valence-corrected chi connectivity index (χ3v) is 5.57. The number of aromatic nitrogens is 2. The van der Waals surface area contributed by atoms with Crippen LogP contribution < -0.4 is 15.4 Å². The van der Waals surface area contributed by atoms with E-state index in [1.165, 1.54) is 6.21 Å². The summed E-state index contributed by atoms with van der Waals surface area (Å²) < 4.78 is 35.1. The largest absolute Gasteiger partial charge is 0.439 e. The summed E-state index contributed by atoms with van der Waals surface area (Å²) >= 11 is 0. The molecule has 39 heavy (non-hydrogen) atoms. The van der Waals surface area contributed by atoms with Crippen LogP contribution >= 0.6 is 0 Å². The molecule has 1 heterocycles. The average molecular weight is 534 g/mol. The molecule has 0 atom stereocenters. The number of hydrogen-bond acceptors (Lipinski definition) is 6. The molecule has 4 rings (SSSR count). The number of hydrogen-bond donors (Lipinski definition) is 2. The third-order valence-electron chi connectivity index (χ3n) is 5.57. The van der Waals surface area contributed by atoms with Crippen LogP contribution in [0.15, 0.2) is 71.9 Å². The summed E-state index contributed by atoms with van der Waals surface area (Å²) in [6.07, 6.45) is 1.53. The van der Waals surface area contributed by atoms with E-state index in [-0.39, 0.29) is 6.61 Å². The number of benzene rings is 3. The van der Waals surface area contributed by atoms with Crippen molar-refractivity contribution in [2.45, 2.75) is 20.5 Å². The molecule has 0 spiro atoms. The number of imide groups is 1. The molecule has 0 aliphatic heterocycles. The Bertz CT molecular complexity index is 1500. The van der Waals surface area contributed by atoms with Gasteiger partial charge in [-0.1, -0.05) is 41.1 Å². The molecule has 9 nitrogen and oxygen atoms in total. The number of carbonyl (C=O) groups excluding carboxylic acids is 2. The number of halogens is 2. The summed E-state index contributed by atoms with van der Waals surface area (Å²) in [4.78, 5) is 29.5. The van der Waals surface area contributed by atoms with Gasteiger partial charge in [-0.05, 0) is 55.8 Å². The number of anilines is 1. The fourth-order valence-electron chi connectivity index (χ4n) is 3.57. The lowest BCUT2D eigenvalue weighted by atomic mass is 10.2. The molecule has 0 aliphatic carbocycles. The lowest BCUT2D eigenvalue weighted by molar-refractivity contribution is 0.0959. The molecule has 4 aromatic rings. The van der Waals surface area contributed by atoms with Gasteiger partial charge in [-0.25, -0.2) is 18.3 Å². The highest BCUT2D eigenvalue weighted by Crippen LogP contribution is 2.26. The first kappa shape index (κ1) is 27.0. The maximum atomic E-state index is 13.7. The molecule has 11 heteroatoms. The van der Waals surface area contributed by atoms with Crippen molar-refractivity contribution < 1.29 is 27.9 Å². The van der Waals surface area contributed by atoms with Crippen LogP contribution in [-0.4, -0.2) is 27.9 Å². The van der Waals surface area contributed by atoms with Gasteiger partial charge < -0.3 is 14.9 Å². The van der Waals surface area contributed by atoms with Crippen molar-refractivity contribution in [2.24, 2.45) is 12.2 Å². The Morgan fingerprint density at radius 2 is 1.67 bits per heavy atom. The van der Waals surface area contributed by atoms with Gasteiger partial charge in [0, 0.05) is 12.7 Å². The highest BCUT2D eigenvalue weighted by Gasteiger charge is 2.19. The van der Waals surface area contributed by atoms with E-state index in [0.29, 0.717) is 22.9 Å². The second-order valence-electron chi connectivity index (χ2n) is 8.55. The van der Waals surface area contributed by atoms with E-state index in [1.807, 2.05) is 43.4 Å². The molecule has 3 amide bonds. The number of carbonyl (C=O) groups is 2. The highest BCUT2D eigenvalue weighted by molar-refractivity contribution is 6.08. The van der Waals surface area contributed by atoms with Gasteiger partial charge in [0.1, 0.15) is 29.6 Å². The van der Waals surface area contributed by atoms with Gasteiger partial charge >= 0.3 is 6.03 Å². The molecule has 0 unspecified atom stereocenters. The summed E-state index contributed by atoms with van der Waals surface area (Å²) in [5.41, 5.74) is 2.78. The molecular formula is C28H25F2N5O4. The molecule has 0 fully saturated rings. The minimum absolute atomic E-state index is 0.140. The van der Waals surface area contributed by atoms with Crippen LogP contribution in [0.4, 0.5) is 19.3 Å². The lowest BCUT2D eigenvalue weighted by Crippen LogP contribution is -2.35. The predicted octanol–water partition coefficient (Wildman–Crippen LogP) is 5.62. The number of urea groups is 1. The Kier molecular flexibility index (Phi) is 8.30. The van der Waals surface area contributed by atoms with Gasteiger partial charge in [0.2, 0.25) is 5.88 Å². The normalized spacial score (nSPS) is 10.9. The molecular weight excluding hydrogens is 508 g/mol. The first-order valence-electron chi connectivity index (χ1n) is 11.8. The quantitative estimate of drug-likeness (QED) is 0.226. The van der Waals surface area contributed by atoms with Crippen molar-refractivity contribution in [3.8, 4) is 11.6 Å². The summed E-state index contributed by atoms with van der Waals surface area (Å²) in [6, 6.07) is 16.2. The van der Waals surface area contributed by atoms with Crippen LogP contribution in [-0.2, 0) is 18.5 Å². The minimum atomic E-state index is -1.19. The highest BCUT2D eigenvalue weighted by atomic mass is 19.1. The Morgan fingerprint density at radius 3 is 2.33 bits per heavy atom. The minimum Gasteiger partial charge on any atom is -0.439 e. The van der Waals surface area contributed by atoms with Crippen molar-refractivity contribution in [3.05, 3.63) is 106 Å². The second kappa shape index (κ2) is 12.0. The fraction of sp³-hybridized carbons (Fsp3) is 0.143. The topological polar surface area (TPSA) is 107 Å². The standard InChI is InChI=1S/C28H25F2N5O4/c1-17-7-13-21(14-8-17)39-27-22(18(2)34-35(27)3)15-31-38-16-19-9-11-20(12-10-19)32-28(37)33-26(36)25-23(29)5-4-6-24(25)30/h4-15H,16H2,1-3H3,(H2,32,33,36,37)/b31-15-. The molecule has 0 radical (unpaired) electrons. The lowest BCUT2D eigenvalue weighted by Gasteiger charge is -2.09. The number of rotatable bonds is 8. The zero-order chi connectivity index (χ0) is 27.9. The van der Waals surface area contributed by atoms with Crippen molar-refractivity contribution in [1.29, 1.82) is 0 Å². The summed E-state index contributed by atoms with van der Waals surface area (Å²) in [6.45, 7) is 3.98. The number of ether oxygens (including phenoxy) is 1. The summed E-state index contributed by atoms with van der Waals surface area (Å²) in [5.74, 6) is -2.14. The molecule has 0 bridgehead atoms. The van der Waals surface area contributed by atoms with Crippen LogP contribution in [0, 0.1) is 25.5 Å². The van der Waals surface area contributed by atoms with Gasteiger partial charge in [0.05, 0.1) is 17.5 Å². The summed E-state index contributed by atoms with van der Waals surface area (Å²) in [5, 5.41) is 12.7. The van der Waals surface area contributed by atoms with E-state index in [0.717, 1.165) is 35.0 Å². The number of oxime groups is 1. The Labute approximate surface area is 223 Å². The third kappa shape index (κ3) is 6.83. The van der Waals surface area contributed by atoms with Crippen molar-refractivity contribution in [1.82, 2.24) is 15.1 Å². The molecule has 0 aliphatic rings. The van der Waals surface area contributed by atoms with E-state index in [1.54, 1.807) is 36.0 Å². The summed E-state index contributed by atoms with van der Waals surface area (Å²) in [7, 11) is 1.78. The Balaban J connectivity index is 1.30. The number of amides is 3. The van der Waals surface area contributed by atoms with E-state index in [9.17, 15) is 18.4 Å². The van der Waals surface area contributed by atoms with E-state index >= 15 is 0 Å². The average Bonchev–Trinajstić information content (AvgIpc) is 3.15. The van der Waals surface area contributed by atoms with Gasteiger partial charge in [-0.3, -0.25) is 10.1 Å². The molecule has 200 valence electrons. The molecule has 2 N–H and O–H groups in total. The van der Waals surface area contributed by atoms with Crippen molar-refractivity contribution >= 4 is 23.8 Å². The van der Waals surface area contributed by atoms with Gasteiger partial charge in [-0.2, -0.15) is 5.10 Å². The zero-order valence-electron chi connectivity index (χ0n) is 21.4. The number of nitrogens with one attached hydrogen (secondary N) is 2. The SMILES string of the molecule is Cc1ccc(Oc2c(/C=N\OCc3ccc(NC(=O)NC(=O)c4c(F)cccc4F)cc3)c(C)nn2C)cc1. The fourth-order valence-corrected chi connectivity index (χ4v) is 3.57. The molecule has 0 saturated heterocycles. The Hall–Kier alpha value is -5.06. The maximum Gasteiger partial charge on any atom is 0.326 e. The number of nitrogens with zero attached hydrogens (tertiary/aromatic N) is 3. The van der Waals surface area contributed by atoms with E-state index < -0.39 is 29.1 Å². The predicted molar refractivity (Wildman–Crippen MR) is 141 cm³/mol. The van der Waals surface area contributed by atoms with Gasteiger partial charge in [-0.15, -0.1) is 0 Å². The van der Waals surface area contributed by atoms with Crippen LogP contribution in [0.25, 0.3) is 0 Å². The molecule has 1 aromatic heterocycles. The van der Waals surface area contributed by atoms with E-state index in [4.69, 9.17) is 9.57 Å². The number of aryl methyl sites for hydroxylation is 3. The first-order chi connectivity index (χ1) is 18.7. The zero-order valence-corrected chi connectivity index (χ0v) is 21.4. The monoisotopic (exact) mass is 533 g/mol. The molecule has 0 saturated carbocycles.